The molecule has 2 aliphatic heterocycles. The molecule has 0 bridgehead atoms. The number of amides is 2. The Morgan fingerprint density at radius 3 is 2.15 bits per heavy atom. The molecule has 2 rings (SSSR count). The van der Waals surface area contributed by atoms with Crippen LogP contribution in [0.4, 0.5) is 0 Å². The summed E-state index contributed by atoms with van der Waals surface area (Å²) >= 11 is 0. The smallest absolute Gasteiger partial charge is 0.248 e. The SMILES string of the molecule is CC(C)C(=O)N1CCN(C(=O)COC2(C)CNC2)CC1. The summed E-state index contributed by atoms with van der Waals surface area (Å²) in [6.45, 7) is 10.0. The monoisotopic (exact) mass is 283 g/mol. The normalized spacial score (nSPS) is 21.8. The van der Waals surface area contributed by atoms with Gasteiger partial charge in [0.1, 0.15) is 6.61 Å². The zero-order valence-corrected chi connectivity index (χ0v) is 12.6. The van der Waals surface area contributed by atoms with Crippen molar-refractivity contribution < 1.29 is 14.3 Å². The number of ether oxygens (including phenoxy) is 1. The highest BCUT2D eigenvalue weighted by Crippen LogP contribution is 2.15. The van der Waals surface area contributed by atoms with Crippen molar-refractivity contribution in [1.82, 2.24) is 15.1 Å². The van der Waals surface area contributed by atoms with Crippen molar-refractivity contribution in [3.05, 3.63) is 0 Å². The zero-order valence-electron chi connectivity index (χ0n) is 12.6. The second-order valence-corrected chi connectivity index (χ2v) is 6.20. The van der Waals surface area contributed by atoms with Crippen molar-refractivity contribution >= 4 is 11.8 Å². The number of nitrogens with zero attached hydrogens (tertiary/aromatic N) is 2. The van der Waals surface area contributed by atoms with Crippen LogP contribution < -0.4 is 5.32 Å². The van der Waals surface area contributed by atoms with Crippen molar-refractivity contribution in [2.24, 2.45) is 5.92 Å². The minimum absolute atomic E-state index is 0.0200. The molecule has 0 radical (unpaired) electrons. The predicted molar refractivity (Wildman–Crippen MR) is 75.2 cm³/mol. The first-order chi connectivity index (χ1) is 9.41. The number of hydrogen-bond acceptors (Lipinski definition) is 4. The van der Waals surface area contributed by atoms with Crippen molar-refractivity contribution in [3.8, 4) is 0 Å². The number of hydrogen-bond donors (Lipinski definition) is 1. The lowest BCUT2D eigenvalue weighted by molar-refractivity contribution is -0.150. The average molecular weight is 283 g/mol. The molecule has 0 aliphatic carbocycles. The Bertz CT molecular complexity index is 372. The molecule has 6 heteroatoms. The third-order valence-corrected chi connectivity index (χ3v) is 3.98. The molecule has 0 atom stereocenters. The standard InChI is InChI=1S/C14H25N3O3/c1-11(2)13(19)17-6-4-16(5-7-17)12(18)8-20-14(3)9-15-10-14/h11,15H,4-10H2,1-3H3. The molecule has 0 aromatic carbocycles. The highest BCUT2D eigenvalue weighted by molar-refractivity contribution is 5.80. The third-order valence-electron chi connectivity index (χ3n) is 3.98. The van der Waals surface area contributed by atoms with Gasteiger partial charge in [0.05, 0.1) is 5.60 Å². The Labute approximate surface area is 120 Å². The van der Waals surface area contributed by atoms with Crippen LogP contribution in [0.5, 0.6) is 0 Å². The number of carbonyl (C=O) groups is 2. The average Bonchev–Trinajstić information content (AvgIpc) is 2.42. The summed E-state index contributed by atoms with van der Waals surface area (Å²) in [5.74, 6) is 0.211. The van der Waals surface area contributed by atoms with E-state index < -0.39 is 0 Å². The van der Waals surface area contributed by atoms with E-state index in [4.69, 9.17) is 4.74 Å². The quantitative estimate of drug-likeness (QED) is 0.769. The van der Waals surface area contributed by atoms with E-state index in [2.05, 4.69) is 5.32 Å². The molecule has 1 N–H and O–H groups in total. The topological polar surface area (TPSA) is 61.9 Å². The van der Waals surface area contributed by atoms with Gasteiger partial charge in [0.25, 0.3) is 0 Å². The van der Waals surface area contributed by atoms with Gasteiger partial charge in [-0.1, -0.05) is 13.8 Å². The zero-order chi connectivity index (χ0) is 14.8. The Morgan fingerprint density at radius 1 is 1.15 bits per heavy atom. The van der Waals surface area contributed by atoms with E-state index in [1.54, 1.807) is 4.90 Å². The molecular formula is C14H25N3O3. The molecule has 20 heavy (non-hydrogen) atoms. The van der Waals surface area contributed by atoms with Crippen molar-refractivity contribution in [2.45, 2.75) is 26.4 Å². The van der Waals surface area contributed by atoms with Gasteiger partial charge in [-0.2, -0.15) is 0 Å². The summed E-state index contributed by atoms with van der Waals surface area (Å²) in [7, 11) is 0. The van der Waals surface area contributed by atoms with E-state index in [1.165, 1.54) is 0 Å². The van der Waals surface area contributed by atoms with Gasteiger partial charge in [0, 0.05) is 45.2 Å². The third kappa shape index (κ3) is 3.49. The van der Waals surface area contributed by atoms with Crippen LogP contribution in [-0.4, -0.2) is 73.1 Å². The van der Waals surface area contributed by atoms with Gasteiger partial charge in [-0.15, -0.1) is 0 Å². The molecule has 0 spiro atoms. The Morgan fingerprint density at radius 2 is 1.70 bits per heavy atom. The van der Waals surface area contributed by atoms with E-state index in [9.17, 15) is 9.59 Å². The van der Waals surface area contributed by atoms with Crippen molar-refractivity contribution in [3.63, 3.8) is 0 Å². The van der Waals surface area contributed by atoms with E-state index in [0.29, 0.717) is 26.2 Å². The highest BCUT2D eigenvalue weighted by Gasteiger charge is 2.34. The van der Waals surface area contributed by atoms with E-state index in [-0.39, 0.29) is 29.9 Å². The largest absolute Gasteiger partial charge is 0.363 e. The predicted octanol–water partition coefficient (Wildman–Crippen LogP) is -0.308. The summed E-state index contributed by atoms with van der Waals surface area (Å²) in [6, 6.07) is 0. The molecule has 114 valence electrons. The molecule has 0 unspecified atom stereocenters. The second kappa shape index (κ2) is 6.10. The second-order valence-electron chi connectivity index (χ2n) is 6.20. The Hall–Kier alpha value is -1.14. The van der Waals surface area contributed by atoms with Crippen LogP contribution in [0, 0.1) is 5.92 Å². The first-order valence-electron chi connectivity index (χ1n) is 7.32. The van der Waals surface area contributed by atoms with Gasteiger partial charge >= 0.3 is 0 Å². The number of rotatable bonds is 4. The molecule has 0 aromatic heterocycles. The van der Waals surface area contributed by atoms with Crippen LogP contribution in [-0.2, 0) is 14.3 Å². The van der Waals surface area contributed by atoms with Gasteiger partial charge < -0.3 is 19.9 Å². The lowest BCUT2D eigenvalue weighted by atomic mass is 10.0. The number of carbonyl (C=O) groups excluding carboxylic acids is 2. The van der Waals surface area contributed by atoms with Crippen LogP contribution in [0.1, 0.15) is 20.8 Å². The fourth-order valence-corrected chi connectivity index (χ4v) is 2.45. The maximum absolute atomic E-state index is 12.1. The first kappa shape index (κ1) is 15.3. The van der Waals surface area contributed by atoms with Crippen molar-refractivity contribution in [2.75, 3.05) is 45.9 Å². The molecule has 2 fully saturated rings. The van der Waals surface area contributed by atoms with Gasteiger partial charge in [0.2, 0.25) is 11.8 Å². The minimum Gasteiger partial charge on any atom is -0.363 e. The van der Waals surface area contributed by atoms with Gasteiger partial charge in [0.15, 0.2) is 0 Å². The molecule has 0 saturated carbocycles. The number of piperazine rings is 1. The van der Waals surface area contributed by atoms with Crippen LogP contribution in [0.3, 0.4) is 0 Å². The molecule has 2 heterocycles. The Balaban J connectivity index is 1.73. The van der Waals surface area contributed by atoms with Crippen LogP contribution in [0.15, 0.2) is 0 Å². The van der Waals surface area contributed by atoms with Gasteiger partial charge in [-0.25, -0.2) is 0 Å². The molecule has 2 aliphatic rings. The summed E-state index contributed by atoms with van der Waals surface area (Å²) < 4.78 is 5.66. The molecular weight excluding hydrogens is 258 g/mol. The fraction of sp³-hybridized carbons (Fsp3) is 0.857. The summed E-state index contributed by atoms with van der Waals surface area (Å²) in [4.78, 5) is 27.6. The van der Waals surface area contributed by atoms with Gasteiger partial charge in [-0.05, 0) is 6.92 Å². The van der Waals surface area contributed by atoms with E-state index in [1.807, 2.05) is 25.7 Å². The summed E-state index contributed by atoms with van der Waals surface area (Å²) in [5.41, 5.74) is -0.189. The highest BCUT2D eigenvalue weighted by atomic mass is 16.5. The van der Waals surface area contributed by atoms with Crippen LogP contribution in [0.25, 0.3) is 0 Å². The van der Waals surface area contributed by atoms with E-state index >= 15 is 0 Å². The molecule has 0 aromatic rings. The van der Waals surface area contributed by atoms with Gasteiger partial charge in [-0.3, -0.25) is 9.59 Å². The summed E-state index contributed by atoms with van der Waals surface area (Å²) in [6.07, 6.45) is 0. The lowest BCUT2D eigenvalue weighted by Crippen LogP contribution is -2.60. The maximum atomic E-state index is 12.1. The van der Waals surface area contributed by atoms with Crippen molar-refractivity contribution in [1.29, 1.82) is 0 Å². The van der Waals surface area contributed by atoms with Crippen LogP contribution >= 0.6 is 0 Å². The summed E-state index contributed by atoms with van der Waals surface area (Å²) in [5, 5.41) is 3.14. The van der Waals surface area contributed by atoms with Crippen LogP contribution in [0.2, 0.25) is 0 Å². The molecule has 2 saturated heterocycles. The molecule has 2 amide bonds. The maximum Gasteiger partial charge on any atom is 0.248 e. The number of nitrogens with one attached hydrogen (secondary N) is 1. The molecule has 6 nitrogen and oxygen atoms in total. The lowest BCUT2D eigenvalue weighted by Gasteiger charge is -2.40. The minimum atomic E-state index is -0.189. The first-order valence-corrected chi connectivity index (χ1v) is 7.32. The fourth-order valence-electron chi connectivity index (χ4n) is 2.45. The Kier molecular flexibility index (Phi) is 4.65. The van der Waals surface area contributed by atoms with E-state index in [0.717, 1.165) is 13.1 Å².